The summed E-state index contributed by atoms with van der Waals surface area (Å²) in [6.45, 7) is 1.88. The van der Waals surface area contributed by atoms with E-state index in [4.69, 9.17) is 23.2 Å². The molecule has 1 heterocycles. The van der Waals surface area contributed by atoms with Crippen molar-refractivity contribution in [2.24, 2.45) is 0 Å². The Morgan fingerprint density at radius 2 is 1.40 bits per heavy atom. The summed E-state index contributed by atoms with van der Waals surface area (Å²) in [6, 6.07) is 9.43. The van der Waals surface area contributed by atoms with Gasteiger partial charge in [-0.15, -0.1) is 0 Å². The molecular weight excluding hydrogens is 481 g/mol. The third-order valence-electron chi connectivity index (χ3n) is 4.75. The SMILES string of the molecule is O=S(=O)(c1ccc(CN2CCN(S(=O)(=O)c3ccc(Cl)c(Cl)c3)CC2)cc1)C(F)F. The molecule has 0 radical (unpaired) electrons. The summed E-state index contributed by atoms with van der Waals surface area (Å²) in [5, 5.41) is 0.432. The Morgan fingerprint density at radius 3 is 1.93 bits per heavy atom. The van der Waals surface area contributed by atoms with Gasteiger partial charge in [-0.1, -0.05) is 35.3 Å². The van der Waals surface area contributed by atoms with Crippen molar-refractivity contribution in [3.05, 3.63) is 58.1 Å². The number of rotatable bonds is 6. The zero-order valence-corrected chi connectivity index (χ0v) is 18.7. The van der Waals surface area contributed by atoms with Crippen LogP contribution >= 0.6 is 23.2 Å². The van der Waals surface area contributed by atoms with E-state index in [1.807, 2.05) is 4.90 Å². The number of halogens is 4. The lowest BCUT2D eigenvalue weighted by atomic mass is 10.2. The molecule has 0 aliphatic carbocycles. The number of nitrogens with zero attached hydrogens (tertiary/aromatic N) is 2. The first-order valence-electron chi connectivity index (χ1n) is 8.80. The molecule has 0 spiro atoms. The van der Waals surface area contributed by atoms with Gasteiger partial charge in [-0.25, -0.2) is 16.8 Å². The molecular formula is C18H18Cl2F2N2O4S2. The highest BCUT2D eigenvalue weighted by Gasteiger charge is 2.29. The highest BCUT2D eigenvalue weighted by atomic mass is 35.5. The fourth-order valence-electron chi connectivity index (χ4n) is 3.06. The maximum absolute atomic E-state index is 12.8. The van der Waals surface area contributed by atoms with Gasteiger partial charge in [-0.05, 0) is 35.9 Å². The number of hydrogen-bond donors (Lipinski definition) is 0. The number of hydrogen-bond acceptors (Lipinski definition) is 5. The van der Waals surface area contributed by atoms with Crippen molar-refractivity contribution in [1.82, 2.24) is 9.21 Å². The molecule has 0 N–H and O–H groups in total. The van der Waals surface area contributed by atoms with Crippen LogP contribution in [0, 0.1) is 0 Å². The van der Waals surface area contributed by atoms with Crippen molar-refractivity contribution in [3.8, 4) is 0 Å². The van der Waals surface area contributed by atoms with E-state index < -0.39 is 30.5 Å². The monoisotopic (exact) mass is 498 g/mol. The van der Waals surface area contributed by atoms with Gasteiger partial charge in [-0.2, -0.15) is 13.1 Å². The van der Waals surface area contributed by atoms with Crippen LogP contribution in [-0.4, -0.2) is 58.0 Å². The van der Waals surface area contributed by atoms with E-state index in [0.29, 0.717) is 19.6 Å². The largest absolute Gasteiger partial charge is 0.341 e. The summed E-state index contributed by atoms with van der Waals surface area (Å²) in [7, 11) is -8.32. The third-order valence-corrected chi connectivity index (χ3v) is 8.78. The Bertz CT molecular complexity index is 1120. The molecule has 2 aromatic carbocycles. The van der Waals surface area contributed by atoms with Gasteiger partial charge in [-0.3, -0.25) is 4.90 Å². The van der Waals surface area contributed by atoms with E-state index in [-0.39, 0.29) is 28.0 Å². The van der Waals surface area contributed by atoms with Crippen molar-refractivity contribution in [3.63, 3.8) is 0 Å². The second kappa shape index (κ2) is 9.05. The molecule has 0 bridgehead atoms. The summed E-state index contributed by atoms with van der Waals surface area (Å²) in [5.41, 5.74) is 0.740. The fourth-order valence-corrected chi connectivity index (χ4v) is 5.59. The van der Waals surface area contributed by atoms with Crippen LogP contribution in [0.5, 0.6) is 0 Å². The van der Waals surface area contributed by atoms with Crippen LogP contribution < -0.4 is 0 Å². The lowest BCUT2D eigenvalue weighted by molar-refractivity contribution is 0.181. The van der Waals surface area contributed by atoms with Crippen LogP contribution in [0.3, 0.4) is 0 Å². The molecule has 0 saturated carbocycles. The Labute approximate surface area is 184 Å². The molecule has 1 saturated heterocycles. The molecule has 3 rings (SSSR count). The number of sulfonamides is 1. The van der Waals surface area contributed by atoms with Crippen molar-refractivity contribution in [2.75, 3.05) is 26.2 Å². The van der Waals surface area contributed by atoms with Gasteiger partial charge in [0.2, 0.25) is 19.9 Å². The lowest BCUT2D eigenvalue weighted by Gasteiger charge is -2.34. The van der Waals surface area contributed by atoms with E-state index in [1.165, 1.54) is 34.6 Å². The first-order chi connectivity index (χ1) is 14.0. The summed E-state index contributed by atoms with van der Waals surface area (Å²) in [4.78, 5) is 1.64. The molecule has 0 atom stereocenters. The minimum atomic E-state index is -4.62. The quantitative estimate of drug-likeness (QED) is 0.609. The predicted octanol–water partition coefficient (Wildman–Crippen LogP) is 3.50. The first-order valence-corrected chi connectivity index (χ1v) is 12.5. The first kappa shape index (κ1) is 23.4. The minimum absolute atomic E-state index is 0.0705. The Hall–Kier alpha value is -1.30. The van der Waals surface area contributed by atoms with E-state index in [9.17, 15) is 25.6 Å². The van der Waals surface area contributed by atoms with Gasteiger partial charge >= 0.3 is 5.76 Å². The average Bonchev–Trinajstić information content (AvgIpc) is 2.70. The van der Waals surface area contributed by atoms with E-state index in [1.54, 1.807) is 0 Å². The molecule has 30 heavy (non-hydrogen) atoms. The molecule has 12 heteroatoms. The number of alkyl halides is 2. The van der Waals surface area contributed by atoms with Gasteiger partial charge in [0.15, 0.2) is 0 Å². The normalized spacial score (nSPS) is 16.8. The zero-order valence-electron chi connectivity index (χ0n) is 15.5. The summed E-state index contributed by atoms with van der Waals surface area (Å²) in [6.07, 6.45) is 0. The van der Waals surface area contributed by atoms with Crippen LogP contribution in [0.1, 0.15) is 5.56 Å². The molecule has 1 fully saturated rings. The zero-order chi connectivity index (χ0) is 22.1. The molecule has 0 amide bonds. The second-order valence-electron chi connectivity index (χ2n) is 6.71. The van der Waals surface area contributed by atoms with Gasteiger partial charge < -0.3 is 0 Å². The van der Waals surface area contributed by atoms with Crippen molar-refractivity contribution in [2.45, 2.75) is 22.1 Å². The average molecular weight is 499 g/mol. The minimum Gasteiger partial charge on any atom is -0.296 e. The fraction of sp³-hybridized carbons (Fsp3) is 0.333. The maximum Gasteiger partial charge on any atom is 0.341 e. The molecule has 1 aliphatic heterocycles. The molecule has 0 unspecified atom stereocenters. The molecule has 1 aliphatic rings. The van der Waals surface area contributed by atoms with Crippen molar-refractivity contribution < 1.29 is 25.6 Å². The van der Waals surface area contributed by atoms with Crippen LogP contribution in [0.25, 0.3) is 0 Å². The summed E-state index contributed by atoms with van der Waals surface area (Å²) >= 11 is 11.8. The van der Waals surface area contributed by atoms with Gasteiger partial charge in [0.25, 0.3) is 0 Å². The highest BCUT2D eigenvalue weighted by Crippen LogP contribution is 2.27. The van der Waals surface area contributed by atoms with E-state index in [2.05, 4.69) is 0 Å². The topological polar surface area (TPSA) is 74.8 Å². The summed E-state index contributed by atoms with van der Waals surface area (Å²) < 4.78 is 75.1. The van der Waals surface area contributed by atoms with Crippen LogP contribution in [0.4, 0.5) is 8.78 Å². The highest BCUT2D eigenvalue weighted by molar-refractivity contribution is 7.91. The smallest absolute Gasteiger partial charge is 0.296 e. The summed E-state index contributed by atoms with van der Waals surface area (Å²) in [5.74, 6) is -3.46. The van der Waals surface area contributed by atoms with Crippen molar-refractivity contribution in [1.29, 1.82) is 0 Å². The predicted molar refractivity (Wildman–Crippen MR) is 110 cm³/mol. The molecule has 0 aromatic heterocycles. The molecule has 164 valence electrons. The van der Waals surface area contributed by atoms with Crippen LogP contribution in [0.2, 0.25) is 10.0 Å². The van der Waals surface area contributed by atoms with Gasteiger partial charge in [0, 0.05) is 32.7 Å². The maximum atomic E-state index is 12.8. The van der Waals surface area contributed by atoms with Crippen molar-refractivity contribution >= 4 is 43.1 Å². The lowest BCUT2D eigenvalue weighted by Crippen LogP contribution is -2.48. The van der Waals surface area contributed by atoms with Gasteiger partial charge in [0.05, 0.1) is 19.8 Å². The Morgan fingerprint density at radius 1 is 0.833 bits per heavy atom. The second-order valence-corrected chi connectivity index (χ2v) is 11.4. The number of sulfone groups is 1. The van der Waals surface area contributed by atoms with E-state index in [0.717, 1.165) is 17.7 Å². The number of benzene rings is 2. The molecule has 2 aromatic rings. The van der Waals surface area contributed by atoms with Crippen LogP contribution in [-0.2, 0) is 26.4 Å². The van der Waals surface area contributed by atoms with Crippen LogP contribution in [0.15, 0.2) is 52.3 Å². The molecule has 6 nitrogen and oxygen atoms in total. The Kier molecular flexibility index (Phi) is 7.05. The standard InChI is InChI=1S/C18H18Cl2F2N2O4S2/c19-16-6-5-15(11-17(16)20)30(27,28)24-9-7-23(8-10-24)12-13-1-3-14(4-2-13)29(25,26)18(21)22/h1-6,11,18H,7-10,12H2. The van der Waals surface area contributed by atoms with Gasteiger partial charge in [0.1, 0.15) is 0 Å². The van der Waals surface area contributed by atoms with E-state index >= 15 is 0 Å². The number of piperazine rings is 1. The third kappa shape index (κ3) is 4.95. The Balaban J connectivity index is 1.62.